The van der Waals surface area contributed by atoms with Crippen molar-refractivity contribution in [2.45, 2.75) is 27.2 Å². The number of hydrogen-bond acceptors (Lipinski definition) is 1. The molecular formula is C13H19BrFN. The molecule has 0 aromatic heterocycles. The largest absolute Gasteiger partial charge is 0.316 e. The Bertz CT molecular complexity index is 350. The van der Waals surface area contributed by atoms with E-state index in [0.717, 1.165) is 25.1 Å². The molecule has 1 nitrogen and oxygen atoms in total. The molecule has 0 spiro atoms. The zero-order valence-corrected chi connectivity index (χ0v) is 11.7. The van der Waals surface area contributed by atoms with Crippen LogP contribution in [0, 0.1) is 11.2 Å². The van der Waals surface area contributed by atoms with Crippen LogP contribution in [0.1, 0.15) is 26.3 Å². The quantitative estimate of drug-likeness (QED) is 0.869. The van der Waals surface area contributed by atoms with Crippen LogP contribution in [0.25, 0.3) is 0 Å². The van der Waals surface area contributed by atoms with Crippen LogP contribution in [-0.2, 0) is 6.42 Å². The molecule has 0 radical (unpaired) electrons. The van der Waals surface area contributed by atoms with Crippen LogP contribution in [0.2, 0.25) is 0 Å². The highest BCUT2D eigenvalue weighted by molar-refractivity contribution is 9.10. The Morgan fingerprint density at radius 1 is 1.38 bits per heavy atom. The second kappa shape index (κ2) is 5.78. The third kappa shape index (κ3) is 4.22. The fourth-order valence-electron chi connectivity index (χ4n) is 1.73. The van der Waals surface area contributed by atoms with Crippen LogP contribution in [0.15, 0.2) is 22.7 Å². The maximum atomic E-state index is 13.1. The third-order valence-corrected chi connectivity index (χ3v) is 3.13. The highest BCUT2D eigenvalue weighted by Crippen LogP contribution is 2.24. The average Bonchev–Trinajstić information content (AvgIpc) is 2.20. The van der Waals surface area contributed by atoms with Gasteiger partial charge in [0.1, 0.15) is 5.82 Å². The number of hydrogen-bond donors (Lipinski definition) is 1. The SMILES string of the molecule is CCNCC(C)(C)Cc1ccc(F)c(Br)c1. The fraction of sp³-hybridized carbons (Fsp3) is 0.538. The minimum Gasteiger partial charge on any atom is -0.316 e. The molecule has 1 aromatic carbocycles. The van der Waals surface area contributed by atoms with Gasteiger partial charge in [-0.25, -0.2) is 4.39 Å². The van der Waals surface area contributed by atoms with Crippen molar-refractivity contribution in [1.82, 2.24) is 5.32 Å². The van der Waals surface area contributed by atoms with E-state index < -0.39 is 0 Å². The lowest BCUT2D eigenvalue weighted by molar-refractivity contribution is 0.342. The molecule has 16 heavy (non-hydrogen) atoms. The summed E-state index contributed by atoms with van der Waals surface area (Å²) in [6.45, 7) is 8.49. The Hall–Kier alpha value is -0.410. The maximum Gasteiger partial charge on any atom is 0.137 e. The zero-order valence-electron chi connectivity index (χ0n) is 10.1. The fourth-order valence-corrected chi connectivity index (χ4v) is 2.15. The Labute approximate surface area is 106 Å². The van der Waals surface area contributed by atoms with Crippen molar-refractivity contribution < 1.29 is 4.39 Å². The van der Waals surface area contributed by atoms with Gasteiger partial charge in [0.05, 0.1) is 4.47 Å². The van der Waals surface area contributed by atoms with Crippen LogP contribution in [0.4, 0.5) is 4.39 Å². The maximum absolute atomic E-state index is 13.1. The topological polar surface area (TPSA) is 12.0 Å². The molecule has 0 fully saturated rings. The molecule has 1 rings (SSSR count). The predicted molar refractivity (Wildman–Crippen MR) is 70.1 cm³/mol. The summed E-state index contributed by atoms with van der Waals surface area (Å²) in [6.07, 6.45) is 0.943. The van der Waals surface area contributed by atoms with Crippen molar-refractivity contribution in [3.63, 3.8) is 0 Å². The summed E-state index contributed by atoms with van der Waals surface area (Å²) in [5.41, 5.74) is 1.35. The van der Waals surface area contributed by atoms with Crippen LogP contribution >= 0.6 is 15.9 Å². The summed E-state index contributed by atoms with van der Waals surface area (Å²) in [6, 6.07) is 5.24. The average molecular weight is 288 g/mol. The van der Waals surface area contributed by atoms with Gasteiger partial charge in [0, 0.05) is 6.54 Å². The molecule has 0 bridgehead atoms. The minimum absolute atomic E-state index is 0.188. The summed E-state index contributed by atoms with van der Waals surface area (Å²) in [5.74, 6) is -0.201. The molecule has 0 saturated heterocycles. The summed E-state index contributed by atoms with van der Waals surface area (Å²) in [4.78, 5) is 0. The van der Waals surface area contributed by atoms with E-state index in [2.05, 4.69) is 42.0 Å². The zero-order chi connectivity index (χ0) is 12.2. The molecule has 0 aliphatic carbocycles. The van der Waals surface area contributed by atoms with Gasteiger partial charge in [-0.1, -0.05) is 26.8 Å². The molecule has 0 heterocycles. The predicted octanol–water partition coefficient (Wildman–Crippen LogP) is 3.77. The molecule has 0 aliphatic rings. The number of benzene rings is 1. The molecule has 3 heteroatoms. The van der Waals surface area contributed by atoms with E-state index >= 15 is 0 Å². The Morgan fingerprint density at radius 3 is 2.62 bits per heavy atom. The molecule has 0 amide bonds. The third-order valence-electron chi connectivity index (χ3n) is 2.52. The van der Waals surface area contributed by atoms with Gasteiger partial charge in [-0.3, -0.25) is 0 Å². The smallest absolute Gasteiger partial charge is 0.137 e. The van der Waals surface area contributed by atoms with Crippen LogP contribution in [-0.4, -0.2) is 13.1 Å². The van der Waals surface area contributed by atoms with Gasteiger partial charge >= 0.3 is 0 Å². The van der Waals surface area contributed by atoms with Crippen molar-refractivity contribution in [3.05, 3.63) is 34.1 Å². The molecule has 0 saturated carbocycles. The van der Waals surface area contributed by atoms with E-state index in [4.69, 9.17) is 0 Å². The van der Waals surface area contributed by atoms with Crippen molar-refractivity contribution in [1.29, 1.82) is 0 Å². The second-order valence-electron chi connectivity index (χ2n) is 4.87. The number of rotatable bonds is 5. The highest BCUT2D eigenvalue weighted by Gasteiger charge is 2.18. The summed E-state index contributed by atoms with van der Waals surface area (Å²) >= 11 is 3.22. The van der Waals surface area contributed by atoms with E-state index in [0.29, 0.717) is 4.47 Å². The van der Waals surface area contributed by atoms with Gasteiger partial charge in [-0.05, 0) is 52.0 Å². The molecule has 90 valence electrons. The van der Waals surface area contributed by atoms with Crippen molar-refractivity contribution in [2.75, 3.05) is 13.1 Å². The minimum atomic E-state index is -0.201. The monoisotopic (exact) mass is 287 g/mol. The Kier molecular flexibility index (Phi) is 4.93. The lowest BCUT2D eigenvalue weighted by Crippen LogP contribution is -2.31. The first-order valence-electron chi connectivity index (χ1n) is 5.59. The van der Waals surface area contributed by atoms with Gasteiger partial charge in [-0.15, -0.1) is 0 Å². The normalized spacial score (nSPS) is 11.8. The van der Waals surface area contributed by atoms with Crippen molar-refractivity contribution in [2.24, 2.45) is 5.41 Å². The second-order valence-corrected chi connectivity index (χ2v) is 5.72. The molecule has 1 N–H and O–H groups in total. The van der Waals surface area contributed by atoms with Crippen molar-refractivity contribution >= 4 is 15.9 Å². The van der Waals surface area contributed by atoms with E-state index in [1.54, 1.807) is 0 Å². The summed E-state index contributed by atoms with van der Waals surface area (Å²) < 4.78 is 13.6. The molecule has 0 atom stereocenters. The van der Waals surface area contributed by atoms with Crippen LogP contribution in [0.3, 0.4) is 0 Å². The van der Waals surface area contributed by atoms with Gasteiger partial charge < -0.3 is 5.32 Å². The Morgan fingerprint density at radius 2 is 2.06 bits per heavy atom. The molecule has 1 aromatic rings. The lowest BCUT2D eigenvalue weighted by atomic mass is 9.85. The van der Waals surface area contributed by atoms with Gasteiger partial charge in [0.15, 0.2) is 0 Å². The number of halogens is 2. The van der Waals surface area contributed by atoms with E-state index in [-0.39, 0.29) is 11.2 Å². The lowest BCUT2D eigenvalue weighted by Gasteiger charge is -2.25. The Balaban J connectivity index is 2.68. The van der Waals surface area contributed by atoms with E-state index in [9.17, 15) is 4.39 Å². The van der Waals surface area contributed by atoms with Crippen LogP contribution in [0.5, 0.6) is 0 Å². The summed E-state index contributed by atoms with van der Waals surface area (Å²) in [5, 5.41) is 3.35. The van der Waals surface area contributed by atoms with Gasteiger partial charge in [-0.2, -0.15) is 0 Å². The highest BCUT2D eigenvalue weighted by atomic mass is 79.9. The standard InChI is InChI=1S/C13H19BrFN/c1-4-16-9-13(2,3)8-10-5-6-12(15)11(14)7-10/h5-7,16H,4,8-9H2,1-3H3. The molecule has 0 unspecified atom stereocenters. The van der Waals surface area contributed by atoms with Crippen molar-refractivity contribution in [3.8, 4) is 0 Å². The summed E-state index contributed by atoms with van der Waals surface area (Å²) in [7, 11) is 0. The van der Waals surface area contributed by atoms with E-state index in [1.807, 2.05) is 12.1 Å². The van der Waals surface area contributed by atoms with Crippen LogP contribution < -0.4 is 5.32 Å². The van der Waals surface area contributed by atoms with E-state index in [1.165, 1.54) is 6.07 Å². The molecular weight excluding hydrogens is 269 g/mol. The van der Waals surface area contributed by atoms with Gasteiger partial charge in [0.2, 0.25) is 0 Å². The number of nitrogens with one attached hydrogen (secondary N) is 1. The first kappa shape index (κ1) is 13.7. The first-order valence-corrected chi connectivity index (χ1v) is 6.38. The van der Waals surface area contributed by atoms with Gasteiger partial charge in [0.25, 0.3) is 0 Å². The first-order chi connectivity index (χ1) is 7.44. The molecule has 0 aliphatic heterocycles.